The van der Waals surface area contributed by atoms with E-state index in [0.717, 1.165) is 0 Å². The molecule has 5 heteroatoms. The van der Waals surface area contributed by atoms with Gasteiger partial charge in [-0.3, -0.25) is 0 Å². The lowest BCUT2D eigenvalue weighted by atomic mass is 9.98. The van der Waals surface area contributed by atoms with Crippen molar-refractivity contribution in [3.63, 3.8) is 0 Å². The highest BCUT2D eigenvalue weighted by Crippen LogP contribution is 2.47. The van der Waals surface area contributed by atoms with Gasteiger partial charge in [-0.2, -0.15) is 0 Å². The van der Waals surface area contributed by atoms with Gasteiger partial charge in [-0.05, 0) is 6.54 Å². The van der Waals surface area contributed by atoms with Gasteiger partial charge in [-0.1, -0.05) is 18.5 Å². The van der Waals surface area contributed by atoms with Gasteiger partial charge >= 0.3 is 0 Å². The van der Waals surface area contributed by atoms with Gasteiger partial charge in [0.15, 0.2) is 11.5 Å². The van der Waals surface area contributed by atoms with Gasteiger partial charge in [0.2, 0.25) is 6.79 Å². The Morgan fingerprint density at radius 2 is 2.33 bits per heavy atom. The molecule has 0 bridgehead atoms. The van der Waals surface area contributed by atoms with Gasteiger partial charge in [-0.15, -0.1) is 0 Å². The molecule has 0 amide bonds. The third-order valence-corrected chi connectivity index (χ3v) is 2.76. The molecule has 3 N–H and O–H groups in total. The van der Waals surface area contributed by atoms with E-state index in [1.165, 1.54) is 0 Å². The van der Waals surface area contributed by atoms with Gasteiger partial charge in [0.05, 0.1) is 5.02 Å². The predicted molar refractivity (Wildman–Crippen MR) is 56.7 cm³/mol. The molecule has 1 heterocycles. The zero-order valence-corrected chi connectivity index (χ0v) is 9.04. The second kappa shape index (κ2) is 3.79. The Morgan fingerprint density at radius 3 is 3.00 bits per heavy atom. The maximum Gasteiger partial charge on any atom is 0.231 e. The lowest BCUT2D eigenvalue weighted by Gasteiger charge is -2.14. The van der Waals surface area contributed by atoms with Crippen LogP contribution in [0, 0.1) is 0 Å². The topological polar surface area (TPSA) is 64.7 Å². The average molecular weight is 230 g/mol. The summed E-state index contributed by atoms with van der Waals surface area (Å²) in [7, 11) is 0. The van der Waals surface area contributed by atoms with Gasteiger partial charge in [-0.25, -0.2) is 0 Å². The van der Waals surface area contributed by atoms with Crippen LogP contribution in [0.3, 0.4) is 0 Å². The first-order valence-corrected chi connectivity index (χ1v) is 5.04. The second-order valence-corrected chi connectivity index (χ2v) is 3.90. The molecule has 15 heavy (non-hydrogen) atoms. The van der Waals surface area contributed by atoms with E-state index in [9.17, 15) is 5.11 Å². The molecule has 1 aliphatic rings. The second-order valence-electron chi connectivity index (χ2n) is 3.49. The van der Waals surface area contributed by atoms with Crippen molar-refractivity contribution in [3.8, 4) is 17.2 Å². The Bertz CT molecular complexity index is 395. The van der Waals surface area contributed by atoms with Crippen LogP contribution < -0.4 is 15.2 Å². The fourth-order valence-electron chi connectivity index (χ4n) is 1.60. The highest BCUT2D eigenvalue weighted by Gasteiger charge is 2.26. The van der Waals surface area contributed by atoms with E-state index in [1.54, 1.807) is 6.07 Å². The summed E-state index contributed by atoms with van der Waals surface area (Å²) in [4.78, 5) is 0. The zero-order valence-electron chi connectivity index (χ0n) is 8.29. The summed E-state index contributed by atoms with van der Waals surface area (Å²) < 4.78 is 10.5. The molecule has 1 aromatic carbocycles. The summed E-state index contributed by atoms with van der Waals surface area (Å²) in [6, 6.07) is 1.55. The summed E-state index contributed by atoms with van der Waals surface area (Å²) in [6.45, 7) is 2.45. The summed E-state index contributed by atoms with van der Waals surface area (Å²) in [6.07, 6.45) is 0. The number of halogens is 1. The third-order valence-electron chi connectivity index (χ3n) is 2.47. The summed E-state index contributed by atoms with van der Waals surface area (Å²) >= 11 is 5.87. The Labute approximate surface area is 92.5 Å². The fraction of sp³-hybridized carbons (Fsp3) is 0.400. The minimum absolute atomic E-state index is 0.0267. The molecule has 0 saturated heterocycles. The average Bonchev–Trinajstić information content (AvgIpc) is 2.66. The number of benzene rings is 1. The number of aromatic hydroxyl groups is 1. The maximum absolute atomic E-state index is 9.84. The van der Waals surface area contributed by atoms with E-state index < -0.39 is 0 Å². The molecule has 1 aromatic rings. The first kappa shape index (κ1) is 10.4. The zero-order chi connectivity index (χ0) is 11.0. The normalized spacial score (nSPS) is 15.4. The highest BCUT2D eigenvalue weighted by atomic mass is 35.5. The first-order chi connectivity index (χ1) is 7.15. The molecule has 0 radical (unpaired) electrons. The largest absolute Gasteiger partial charge is 0.506 e. The predicted octanol–water partition coefficient (Wildman–Crippen LogP) is 1.84. The molecule has 1 atom stereocenters. The summed E-state index contributed by atoms with van der Waals surface area (Å²) in [5.41, 5.74) is 6.19. The SMILES string of the molecule is CC(CN)c1c(O)c(Cl)cc2c1OCO2. The third kappa shape index (κ3) is 1.60. The molecule has 0 saturated carbocycles. The Balaban J connectivity index is 2.60. The summed E-state index contributed by atoms with van der Waals surface area (Å²) in [5.74, 6) is 1.11. The van der Waals surface area contributed by atoms with Crippen molar-refractivity contribution in [3.05, 3.63) is 16.7 Å². The van der Waals surface area contributed by atoms with Gasteiger partial charge in [0, 0.05) is 17.5 Å². The monoisotopic (exact) mass is 229 g/mol. The number of nitrogens with two attached hydrogens (primary N) is 1. The molecule has 0 aliphatic carbocycles. The molecule has 0 spiro atoms. The Hall–Kier alpha value is -1.13. The summed E-state index contributed by atoms with van der Waals surface area (Å²) in [5, 5.41) is 10.1. The van der Waals surface area contributed by atoms with Crippen molar-refractivity contribution in [2.75, 3.05) is 13.3 Å². The van der Waals surface area contributed by atoms with E-state index in [4.69, 9.17) is 26.8 Å². The van der Waals surface area contributed by atoms with E-state index in [2.05, 4.69) is 0 Å². The van der Waals surface area contributed by atoms with Crippen molar-refractivity contribution < 1.29 is 14.6 Å². The fourth-order valence-corrected chi connectivity index (χ4v) is 1.80. The molecule has 4 nitrogen and oxygen atoms in total. The highest BCUT2D eigenvalue weighted by molar-refractivity contribution is 6.32. The van der Waals surface area contributed by atoms with Crippen LogP contribution >= 0.6 is 11.6 Å². The van der Waals surface area contributed by atoms with Gasteiger partial charge < -0.3 is 20.3 Å². The van der Waals surface area contributed by atoms with Crippen LogP contribution in [0.25, 0.3) is 0 Å². The molecule has 1 unspecified atom stereocenters. The van der Waals surface area contributed by atoms with E-state index in [0.29, 0.717) is 23.6 Å². The van der Waals surface area contributed by atoms with Crippen LogP contribution in [0.4, 0.5) is 0 Å². The molecule has 2 rings (SSSR count). The van der Waals surface area contributed by atoms with Crippen LogP contribution in [0.5, 0.6) is 17.2 Å². The van der Waals surface area contributed by atoms with Crippen LogP contribution in [0.15, 0.2) is 6.07 Å². The van der Waals surface area contributed by atoms with Crippen molar-refractivity contribution in [2.45, 2.75) is 12.8 Å². The first-order valence-electron chi connectivity index (χ1n) is 4.66. The van der Waals surface area contributed by atoms with E-state index in [-0.39, 0.29) is 23.5 Å². The number of ether oxygens (including phenoxy) is 2. The Morgan fingerprint density at radius 1 is 1.60 bits per heavy atom. The molecule has 1 aliphatic heterocycles. The van der Waals surface area contributed by atoms with Crippen LogP contribution in [-0.4, -0.2) is 18.4 Å². The smallest absolute Gasteiger partial charge is 0.231 e. The minimum atomic E-state index is -0.0286. The minimum Gasteiger partial charge on any atom is -0.506 e. The maximum atomic E-state index is 9.84. The lowest BCUT2D eigenvalue weighted by Crippen LogP contribution is -2.10. The number of phenols is 1. The van der Waals surface area contributed by atoms with E-state index >= 15 is 0 Å². The molecular weight excluding hydrogens is 218 g/mol. The molecular formula is C10H12ClNO3. The standard InChI is InChI=1S/C10H12ClNO3/c1-5(3-12)8-9(13)6(11)2-7-10(8)15-4-14-7/h2,5,13H,3-4,12H2,1H3. The van der Waals surface area contributed by atoms with Crippen molar-refractivity contribution in [2.24, 2.45) is 5.73 Å². The molecule has 82 valence electrons. The lowest BCUT2D eigenvalue weighted by molar-refractivity contribution is 0.173. The van der Waals surface area contributed by atoms with Crippen LogP contribution in [0.1, 0.15) is 18.4 Å². The van der Waals surface area contributed by atoms with E-state index in [1.807, 2.05) is 6.92 Å². The number of hydrogen-bond acceptors (Lipinski definition) is 4. The van der Waals surface area contributed by atoms with Crippen LogP contribution in [-0.2, 0) is 0 Å². The van der Waals surface area contributed by atoms with Gasteiger partial charge in [0.25, 0.3) is 0 Å². The van der Waals surface area contributed by atoms with Crippen LogP contribution in [0.2, 0.25) is 5.02 Å². The number of hydrogen-bond donors (Lipinski definition) is 2. The Kier molecular flexibility index (Phi) is 2.63. The number of rotatable bonds is 2. The quantitative estimate of drug-likeness (QED) is 0.812. The van der Waals surface area contributed by atoms with Gasteiger partial charge in [0.1, 0.15) is 5.75 Å². The number of phenolic OH excluding ortho intramolecular Hbond substituents is 1. The molecule has 0 aromatic heterocycles. The molecule has 0 fully saturated rings. The van der Waals surface area contributed by atoms with Crippen molar-refractivity contribution >= 4 is 11.6 Å². The van der Waals surface area contributed by atoms with Crippen molar-refractivity contribution in [1.29, 1.82) is 0 Å². The number of fused-ring (bicyclic) bond motifs is 1. The van der Waals surface area contributed by atoms with Crippen molar-refractivity contribution in [1.82, 2.24) is 0 Å².